The molecule has 1 aromatic rings. The summed E-state index contributed by atoms with van der Waals surface area (Å²) in [6.45, 7) is 6.69. The maximum atomic E-state index is 3.55. The zero-order valence-corrected chi connectivity index (χ0v) is 11.2. The normalized spacial score (nSPS) is 14.0. The van der Waals surface area contributed by atoms with Crippen LogP contribution in [0.2, 0.25) is 0 Å². The summed E-state index contributed by atoms with van der Waals surface area (Å²) < 4.78 is 0. The average molecular weight is 265 g/mol. The molecule has 1 aliphatic carbocycles. The summed E-state index contributed by atoms with van der Waals surface area (Å²) in [5.74, 6) is 0. The van der Waals surface area contributed by atoms with E-state index >= 15 is 0 Å². The Morgan fingerprint density at radius 2 is 2.00 bits per heavy atom. The molecular weight excluding hydrogens is 248 g/mol. The molecule has 0 bridgehead atoms. The van der Waals surface area contributed by atoms with Gasteiger partial charge in [0, 0.05) is 5.33 Å². The Kier molecular flexibility index (Phi) is 3.01. The van der Waals surface area contributed by atoms with Crippen molar-refractivity contribution in [2.75, 3.05) is 5.33 Å². The summed E-state index contributed by atoms with van der Waals surface area (Å²) in [6.07, 6.45) is 4.63. The molecule has 1 aromatic carbocycles. The summed E-state index contributed by atoms with van der Waals surface area (Å²) in [4.78, 5) is 0. The zero-order chi connectivity index (χ0) is 11.0. The summed E-state index contributed by atoms with van der Waals surface area (Å²) >= 11 is 3.55. The van der Waals surface area contributed by atoms with Crippen LogP contribution in [-0.2, 0) is 12.8 Å². The molecule has 0 spiro atoms. The highest BCUT2D eigenvalue weighted by Gasteiger charge is 2.16. The lowest BCUT2D eigenvalue weighted by atomic mass is 9.92. The van der Waals surface area contributed by atoms with E-state index in [9.17, 15) is 0 Å². The molecule has 0 unspecified atom stereocenters. The van der Waals surface area contributed by atoms with Crippen LogP contribution in [0.25, 0.3) is 6.08 Å². The van der Waals surface area contributed by atoms with E-state index in [1.807, 2.05) is 0 Å². The highest BCUT2D eigenvalue weighted by atomic mass is 79.9. The summed E-state index contributed by atoms with van der Waals surface area (Å²) in [5, 5.41) is 1.06. The first-order valence-electron chi connectivity index (χ1n) is 5.48. The lowest BCUT2D eigenvalue weighted by Gasteiger charge is -2.14. The van der Waals surface area contributed by atoms with Gasteiger partial charge in [-0.15, -0.1) is 0 Å². The van der Waals surface area contributed by atoms with E-state index in [1.54, 1.807) is 11.1 Å². The van der Waals surface area contributed by atoms with Crippen LogP contribution in [0.3, 0.4) is 0 Å². The standard InChI is InChI=1S/C14H17Br/c1-9-6-12-8-10(2)11(3)13(4-5-15)14(12)7-9/h6,8H,4-5,7H2,1-3H3. The van der Waals surface area contributed by atoms with Crippen LogP contribution in [-0.4, -0.2) is 5.33 Å². The van der Waals surface area contributed by atoms with Crippen LogP contribution in [0.15, 0.2) is 11.6 Å². The van der Waals surface area contributed by atoms with Crippen molar-refractivity contribution in [2.24, 2.45) is 0 Å². The van der Waals surface area contributed by atoms with Crippen LogP contribution in [0, 0.1) is 13.8 Å². The number of allylic oxidation sites excluding steroid dienone is 1. The predicted octanol–water partition coefficient (Wildman–Crippen LogP) is 4.20. The molecule has 0 aromatic heterocycles. The number of fused-ring (bicyclic) bond motifs is 1. The molecule has 0 radical (unpaired) electrons. The van der Waals surface area contributed by atoms with E-state index < -0.39 is 0 Å². The van der Waals surface area contributed by atoms with Gasteiger partial charge in [-0.3, -0.25) is 0 Å². The molecule has 0 atom stereocenters. The number of hydrogen-bond donors (Lipinski definition) is 0. The zero-order valence-electron chi connectivity index (χ0n) is 9.65. The van der Waals surface area contributed by atoms with E-state index in [4.69, 9.17) is 0 Å². The van der Waals surface area contributed by atoms with Crippen LogP contribution < -0.4 is 0 Å². The third kappa shape index (κ3) is 1.90. The van der Waals surface area contributed by atoms with Crippen molar-refractivity contribution in [3.63, 3.8) is 0 Å². The number of halogens is 1. The van der Waals surface area contributed by atoms with Gasteiger partial charge in [0.25, 0.3) is 0 Å². The lowest BCUT2D eigenvalue weighted by molar-refractivity contribution is 1.04. The van der Waals surface area contributed by atoms with Gasteiger partial charge < -0.3 is 0 Å². The monoisotopic (exact) mass is 264 g/mol. The Balaban J connectivity index is 2.56. The minimum absolute atomic E-state index is 1.06. The van der Waals surface area contributed by atoms with Crippen LogP contribution in [0.1, 0.15) is 34.7 Å². The number of aryl methyl sites for hydroxylation is 1. The molecule has 0 nitrogen and oxygen atoms in total. The molecular formula is C14H17Br. The highest BCUT2D eigenvalue weighted by molar-refractivity contribution is 9.09. The molecule has 0 N–H and O–H groups in total. The SMILES string of the molecule is CC1=Cc2cc(C)c(C)c(CCBr)c2C1. The van der Waals surface area contributed by atoms with Crippen LogP contribution in [0.5, 0.6) is 0 Å². The Morgan fingerprint density at radius 3 is 2.67 bits per heavy atom. The lowest BCUT2D eigenvalue weighted by Crippen LogP contribution is -2.01. The maximum Gasteiger partial charge on any atom is 0.00720 e. The van der Waals surface area contributed by atoms with Crippen molar-refractivity contribution in [3.8, 4) is 0 Å². The average Bonchev–Trinajstić information content (AvgIpc) is 2.53. The molecule has 15 heavy (non-hydrogen) atoms. The van der Waals surface area contributed by atoms with E-state index in [0.717, 1.165) is 18.2 Å². The second-order valence-corrected chi connectivity index (χ2v) is 5.26. The van der Waals surface area contributed by atoms with Crippen molar-refractivity contribution >= 4 is 22.0 Å². The number of hydrogen-bond acceptors (Lipinski definition) is 0. The Morgan fingerprint density at radius 1 is 1.27 bits per heavy atom. The second-order valence-electron chi connectivity index (χ2n) is 4.47. The molecule has 2 rings (SSSR count). The van der Waals surface area contributed by atoms with Gasteiger partial charge in [0.15, 0.2) is 0 Å². The van der Waals surface area contributed by atoms with Gasteiger partial charge in [0.05, 0.1) is 0 Å². The van der Waals surface area contributed by atoms with Crippen LogP contribution in [0.4, 0.5) is 0 Å². The van der Waals surface area contributed by atoms with E-state index in [1.165, 1.54) is 22.3 Å². The van der Waals surface area contributed by atoms with Crippen molar-refractivity contribution in [3.05, 3.63) is 39.5 Å². The minimum Gasteiger partial charge on any atom is -0.0924 e. The predicted molar refractivity (Wildman–Crippen MR) is 70.8 cm³/mol. The fraction of sp³-hybridized carbons (Fsp3) is 0.429. The molecule has 80 valence electrons. The summed E-state index contributed by atoms with van der Waals surface area (Å²) in [5.41, 5.74) is 8.98. The van der Waals surface area contributed by atoms with Crippen molar-refractivity contribution < 1.29 is 0 Å². The largest absolute Gasteiger partial charge is 0.0924 e. The first kappa shape index (κ1) is 10.9. The molecule has 0 heterocycles. The maximum absolute atomic E-state index is 3.55. The smallest absolute Gasteiger partial charge is 0.00720 e. The minimum atomic E-state index is 1.06. The highest BCUT2D eigenvalue weighted by Crippen LogP contribution is 2.32. The van der Waals surface area contributed by atoms with Gasteiger partial charge in [0.2, 0.25) is 0 Å². The number of alkyl halides is 1. The van der Waals surface area contributed by atoms with Crippen molar-refractivity contribution in [1.82, 2.24) is 0 Å². The van der Waals surface area contributed by atoms with Crippen molar-refractivity contribution in [2.45, 2.75) is 33.6 Å². The van der Waals surface area contributed by atoms with Gasteiger partial charge in [-0.05, 0) is 61.4 Å². The van der Waals surface area contributed by atoms with Crippen molar-refractivity contribution in [1.29, 1.82) is 0 Å². The quantitative estimate of drug-likeness (QED) is 0.703. The molecule has 1 aliphatic rings. The first-order valence-corrected chi connectivity index (χ1v) is 6.60. The summed E-state index contributed by atoms with van der Waals surface area (Å²) in [6, 6.07) is 2.33. The van der Waals surface area contributed by atoms with Gasteiger partial charge >= 0.3 is 0 Å². The molecule has 0 fully saturated rings. The molecule has 0 amide bonds. The fourth-order valence-corrected chi connectivity index (χ4v) is 2.83. The third-order valence-corrected chi connectivity index (χ3v) is 3.73. The molecule has 0 aliphatic heterocycles. The molecule has 1 heteroatoms. The summed E-state index contributed by atoms with van der Waals surface area (Å²) in [7, 11) is 0. The number of benzene rings is 1. The topological polar surface area (TPSA) is 0 Å². The molecule has 0 saturated carbocycles. The Bertz CT molecular complexity index is 427. The third-order valence-electron chi connectivity index (χ3n) is 3.33. The van der Waals surface area contributed by atoms with Gasteiger partial charge in [-0.2, -0.15) is 0 Å². The second kappa shape index (κ2) is 4.13. The Hall–Kier alpha value is -0.560. The fourth-order valence-electron chi connectivity index (χ4n) is 2.43. The van der Waals surface area contributed by atoms with E-state index in [-0.39, 0.29) is 0 Å². The number of rotatable bonds is 2. The molecule has 0 saturated heterocycles. The Labute approximate surface area is 101 Å². The van der Waals surface area contributed by atoms with Gasteiger partial charge in [-0.25, -0.2) is 0 Å². The van der Waals surface area contributed by atoms with Gasteiger partial charge in [0.1, 0.15) is 0 Å². The van der Waals surface area contributed by atoms with E-state index in [0.29, 0.717) is 0 Å². The van der Waals surface area contributed by atoms with Gasteiger partial charge in [-0.1, -0.05) is 33.6 Å². The van der Waals surface area contributed by atoms with E-state index in [2.05, 4.69) is 48.8 Å². The van der Waals surface area contributed by atoms with Crippen LogP contribution >= 0.6 is 15.9 Å². The first-order chi connectivity index (χ1) is 7.13.